The first-order valence-corrected chi connectivity index (χ1v) is 8.83. The largest absolute Gasteiger partial charge is 0.465 e. The first-order valence-electron chi connectivity index (χ1n) is 8.45. The third-order valence-corrected chi connectivity index (χ3v) is 4.55. The van der Waals surface area contributed by atoms with E-state index < -0.39 is 0 Å². The van der Waals surface area contributed by atoms with E-state index in [9.17, 15) is 4.79 Å². The number of likely N-dealkylation sites (N-methyl/N-ethyl adjacent to an activating group) is 1. The lowest BCUT2D eigenvalue weighted by atomic mass is 10.2. The molecular weight excluding hydrogens is 338 g/mol. The van der Waals surface area contributed by atoms with Crippen molar-refractivity contribution in [2.24, 2.45) is 0 Å². The summed E-state index contributed by atoms with van der Waals surface area (Å²) in [5.74, 6) is 0.421. The second kappa shape index (κ2) is 8.23. The molecule has 0 atom stereocenters. The summed E-state index contributed by atoms with van der Waals surface area (Å²) in [7, 11) is 0. The first-order chi connectivity index (χ1) is 12.2. The number of halogens is 1. The number of rotatable bonds is 5. The van der Waals surface area contributed by atoms with Crippen molar-refractivity contribution in [1.82, 2.24) is 4.90 Å². The highest BCUT2D eigenvalue weighted by Gasteiger charge is 2.19. The van der Waals surface area contributed by atoms with Gasteiger partial charge in [-0.1, -0.05) is 18.5 Å². The molecule has 0 radical (unpaired) electrons. The number of piperazine rings is 1. The molecule has 0 spiro atoms. The van der Waals surface area contributed by atoms with Gasteiger partial charge in [-0.25, -0.2) is 0 Å². The molecule has 1 aliphatic heterocycles. The molecule has 6 heteroatoms. The van der Waals surface area contributed by atoms with Crippen molar-refractivity contribution < 1.29 is 9.21 Å². The van der Waals surface area contributed by atoms with E-state index in [1.807, 2.05) is 12.1 Å². The maximum absolute atomic E-state index is 12.2. The Morgan fingerprint density at radius 2 is 2.08 bits per heavy atom. The number of nitrogens with one attached hydrogen (secondary N) is 1. The third kappa shape index (κ3) is 4.65. The van der Waals surface area contributed by atoms with E-state index in [0.29, 0.717) is 10.8 Å². The number of amides is 1. The molecule has 132 valence electrons. The second-order valence-corrected chi connectivity index (χ2v) is 6.36. The molecule has 1 N–H and O–H groups in total. The number of furan rings is 1. The van der Waals surface area contributed by atoms with Gasteiger partial charge in [0.25, 0.3) is 0 Å². The van der Waals surface area contributed by atoms with E-state index in [-0.39, 0.29) is 5.91 Å². The van der Waals surface area contributed by atoms with Crippen LogP contribution < -0.4 is 10.2 Å². The van der Waals surface area contributed by atoms with Crippen LogP contribution in [0.15, 0.2) is 47.1 Å². The SMILES string of the molecule is CCN1CCN(c2ccc(Cl)cc2NC(=O)/C=C/c2ccco2)CC1. The highest BCUT2D eigenvalue weighted by atomic mass is 35.5. The fourth-order valence-electron chi connectivity index (χ4n) is 2.91. The van der Waals surface area contributed by atoms with Crippen LogP contribution in [0.2, 0.25) is 5.02 Å². The van der Waals surface area contributed by atoms with E-state index in [0.717, 1.165) is 44.1 Å². The zero-order valence-corrected chi connectivity index (χ0v) is 15.0. The van der Waals surface area contributed by atoms with Gasteiger partial charge < -0.3 is 19.5 Å². The Bertz CT molecular complexity index is 735. The number of carbonyl (C=O) groups excluding carboxylic acids is 1. The molecule has 1 amide bonds. The minimum absolute atomic E-state index is 0.216. The highest BCUT2D eigenvalue weighted by molar-refractivity contribution is 6.31. The molecule has 5 nitrogen and oxygen atoms in total. The lowest BCUT2D eigenvalue weighted by Crippen LogP contribution is -2.46. The van der Waals surface area contributed by atoms with Crippen LogP contribution in [0.25, 0.3) is 6.08 Å². The molecule has 0 saturated carbocycles. The van der Waals surface area contributed by atoms with Gasteiger partial charge in [-0.3, -0.25) is 4.79 Å². The minimum Gasteiger partial charge on any atom is -0.465 e. The van der Waals surface area contributed by atoms with Gasteiger partial charge >= 0.3 is 0 Å². The third-order valence-electron chi connectivity index (χ3n) is 4.32. The average molecular weight is 360 g/mol. The summed E-state index contributed by atoms with van der Waals surface area (Å²) in [4.78, 5) is 16.9. The van der Waals surface area contributed by atoms with Crippen molar-refractivity contribution in [3.63, 3.8) is 0 Å². The molecule has 1 fully saturated rings. The molecule has 2 heterocycles. The summed E-state index contributed by atoms with van der Waals surface area (Å²) in [5.41, 5.74) is 1.73. The molecule has 1 saturated heterocycles. The van der Waals surface area contributed by atoms with Crippen molar-refractivity contribution in [2.45, 2.75) is 6.92 Å². The molecule has 0 unspecified atom stereocenters. The minimum atomic E-state index is -0.216. The molecule has 2 aromatic rings. The molecule has 1 aliphatic rings. The topological polar surface area (TPSA) is 48.7 Å². The number of hydrogen-bond acceptors (Lipinski definition) is 4. The highest BCUT2D eigenvalue weighted by Crippen LogP contribution is 2.30. The maximum atomic E-state index is 12.2. The van der Waals surface area contributed by atoms with E-state index in [2.05, 4.69) is 22.0 Å². The van der Waals surface area contributed by atoms with Crippen LogP contribution in [0.1, 0.15) is 12.7 Å². The van der Waals surface area contributed by atoms with Crippen LogP contribution in [0.3, 0.4) is 0 Å². The normalized spacial score (nSPS) is 15.7. The molecule has 1 aromatic carbocycles. The number of nitrogens with zero attached hydrogens (tertiary/aromatic N) is 2. The lowest BCUT2D eigenvalue weighted by molar-refractivity contribution is -0.111. The van der Waals surface area contributed by atoms with Gasteiger partial charge in [-0.15, -0.1) is 0 Å². The fraction of sp³-hybridized carbons (Fsp3) is 0.316. The zero-order valence-electron chi connectivity index (χ0n) is 14.2. The maximum Gasteiger partial charge on any atom is 0.248 e. The van der Waals surface area contributed by atoms with Crippen LogP contribution in [-0.4, -0.2) is 43.5 Å². The van der Waals surface area contributed by atoms with Crippen molar-refractivity contribution >= 4 is 35.0 Å². The Morgan fingerprint density at radius 3 is 2.76 bits per heavy atom. The Kier molecular flexibility index (Phi) is 5.79. The first kappa shape index (κ1) is 17.6. The second-order valence-electron chi connectivity index (χ2n) is 5.92. The molecule has 25 heavy (non-hydrogen) atoms. The van der Waals surface area contributed by atoms with E-state index >= 15 is 0 Å². The summed E-state index contributed by atoms with van der Waals surface area (Å²) < 4.78 is 5.19. The summed E-state index contributed by atoms with van der Waals surface area (Å²) in [5, 5.41) is 3.53. The van der Waals surface area contributed by atoms with Crippen molar-refractivity contribution in [3.05, 3.63) is 53.5 Å². The zero-order chi connectivity index (χ0) is 17.6. The predicted octanol–water partition coefficient (Wildman–Crippen LogP) is 3.73. The Labute approximate surface area is 152 Å². The van der Waals surface area contributed by atoms with Gasteiger partial charge in [0.2, 0.25) is 5.91 Å². The Hall–Kier alpha value is -2.24. The Balaban J connectivity index is 1.72. The summed E-state index contributed by atoms with van der Waals surface area (Å²) in [6.07, 6.45) is 4.67. The van der Waals surface area contributed by atoms with Gasteiger partial charge in [0.1, 0.15) is 5.76 Å². The number of carbonyl (C=O) groups is 1. The van der Waals surface area contributed by atoms with Gasteiger partial charge in [0, 0.05) is 37.3 Å². The Morgan fingerprint density at radius 1 is 1.28 bits per heavy atom. The van der Waals surface area contributed by atoms with Crippen LogP contribution in [0.4, 0.5) is 11.4 Å². The molecule has 0 bridgehead atoms. The molecule has 1 aromatic heterocycles. The van der Waals surface area contributed by atoms with Gasteiger partial charge in [0.15, 0.2) is 0 Å². The van der Waals surface area contributed by atoms with Crippen LogP contribution in [-0.2, 0) is 4.79 Å². The predicted molar refractivity (Wildman–Crippen MR) is 102 cm³/mol. The van der Waals surface area contributed by atoms with E-state index in [1.54, 1.807) is 30.5 Å². The lowest BCUT2D eigenvalue weighted by Gasteiger charge is -2.36. The van der Waals surface area contributed by atoms with Crippen molar-refractivity contribution in [2.75, 3.05) is 42.9 Å². The monoisotopic (exact) mass is 359 g/mol. The van der Waals surface area contributed by atoms with Crippen LogP contribution in [0.5, 0.6) is 0 Å². The van der Waals surface area contributed by atoms with E-state index in [4.69, 9.17) is 16.0 Å². The van der Waals surface area contributed by atoms with Crippen LogP contribution >= 0.6 is 11.6 Å². The molecule has 0 aliphatic carbocycles. The number of benzene rings is 1. The standard InChI is InChI=1S/C19H22ClN3O2/c1-2-22-9-11-23(12-10-22)18-7-5-15(20)14-17(18)21-19(24)8-6-16-4-3-13-25-16/h3-8,13-14H,2,9-12H2,1H3,(H,21,24)/b8-6+. The van der Waals surface area contributed by atoms with Crippen molar-refractivity contribution in [3.8, 4) is 0 Å². The molecule has 3 rings (SSSR count). The summed E-state index contributed by atoms with van der Waals surface area (Å²) in [6, 6.07) is 9.19. The fourth-order valence-corrected chi connectivity index (χ4v) is 3.08. The summed E-state index contributed by atoms with van der Waals surface area (Å²) in [6.45, 7) is 7.14. The summed E-state index contributed by atoms with van der Waals surface area (Å²) >= 11 is 6.13. The van der Waals surface area contributed by atoms with Gasteiger partial charge in [0.05, 0.1) is 17.6 Å². The quantitative estimate of drug-likeness (QED) is 0.826. The van der Waals surface area contributed by atoms with Gasteiger partial charge in [-0.2, -0.15) is 0 Å². The van der Waals surface area contributed by atoms with E-state index in [1.165, 1.54) is 6.08 Å². The van der Waals surface area contributed by atoms with Gasteiger partial charge in [-0.05, 0) is 43.0 Å². The smallest absolute Gasteiger partial charge is 0.248 e. The number of hydrogen-bond donors (Lipinski definition) is 1. The average Bonchev–Trinajstić information content (AvgIpc) is 3.14. The van der Waals surface area contributed by atoms with Crippen molar-refractivity contribution in [1.29, 1.82) is 0 Å². The number of anilines is 2. The molecular formula is C19H22ClN3O2. The van der Waals surface area contributed by atoms with Crippen LogP contribution in [0, 0.1) is 0 Å².